The van der Waals surface area contributed by atoms with E-state index in [1.54, 1.807) is 0 Å². The van der Waals surface area contributed by atoms with Crippen LogP contribution in [0.5, 0.6) is 0 Å². The average molecular weight is 293 g/mol. The van der Waals surface area contributed by atoms with Crippen molar-refractivity contribution >= 4 is 17.3 Å². The molecule has 5 nitrogen and oxygen atoms in total. The largest absolute Gasteiger partial charge is 0.476 e. The van der Waals surface area contributed by atoms with Crippen molar-refractivity contribution < 1.29 is 19.1 Å². The first-order valence-electron chi connectivity index (χ1n) is 6.62. The van der Waals surface area contributed by atoms with Gasteiger partial charge >= 0.3 is 5.97 Å². The number of carbonyl (C=O) groups is 1. The van der Waals surface area contributed by atoms with E-state index in [1.807, 2.05) is 17.5 Å². The fourth-order valence-corrected chi connectivity index (χ4v) is 3.01. The van der Waals surface area contributed by atoms with Gasteiger partial charge in [-0.1, -0.05) is 6.07 Å². The maximum atomic E-state index is 11.3. The molecule has 20 heavy (non-hydrogen) atoms. The predicted molar refractivity (Wildman–Crippen MR) is 74.1 cm³/mol. The van der Waals surface area contributed by atoms with Crippen LogP contribution in [0, 0.1) is 0 Å². The number of ether oxygens (including phenoxy) is 1. The van der Waals surface area contributed by atoms with Gasteiger partial charge in [0.25, 0.3) is 0 Å². The number of nitrogens with zero attached hydrogens (tertiary/aromatic N) is 1. The summed E-state index contributed by atoms with van der Waals surface area (Å²) in [4.78, 5) is 16.2. The number of aryl methyl sites for hydroxylation is 1. The number of hydrogen-bond acceptors (Lipinski definition) is 5. The maximum absolute atomic E-state index is 11.3. The molecule has 0 spiro atoms. The highest BCUT2D eigenvalue weighted by atomic mass is 32.1. The van der Waals surface area contributed by atoms with E-state index >= 15 is 0 Å². The molecule has 2 aromatic heterocycles. The Hall–Kier alpha value is -1.66. The standard InChI is InChI=1S/C14H15NO4S/c16-14(17)12-10(6-5-9-3-1-7-18-9)19-13(15-12)11-4-2-8-20-11/h2,4,8-9H,1,3,5-7H2,(H,16,17). The molecule has 1 saturated heterocycles. The van der Waals surface area contributed by atoms with Crippen molar-refractivity contribution in [3.05, 3.63) is 29.0 Å². The SMILES string of the molecule is O=C(O)c1nc(-c2cccs2)oc1CCC1CCCO1. The molecule has 0 amide bonds. The first-order chi connectivity index (χ1) is 9.74. The highest BCUT2D eigenvalue weighted by Gasteiger charge is 2.23. The Balaban J connectivity index is 1.79. The molecule has 1 unspecified atom stereocenters. The Bertz CT molecular complexity index is 584. The summed E-state index contributed by atoms with van der Waals surface area (Å²) in [7, 11) is 0. The van der Waals surface area contributed by atoms with E-state index in [0.29, 0.717) is 18.1 Å². The van der Waals surface area contributed by atoms with Crippen LogP contribution in [0.2, 0.25) is 0 Å². The minimum absolute atomic E-state index is 0.0198. The van der Waals surface area contributed by atoms with Gasteiger partial charge in [-0.25, -0.2) is 9.78 Å². The molecule has 106 valence electrons. The molecular formula is C14H15NO4S. The fraction of sp³-hybridized carbons (Fsp3) is 0.429. The molecule has 0 saturated carbocycles. The summed E-state index contributed by atoms with van der Waals surface area (Å²) in [5, 5.41) is 11.1. The van der Waals surface area contributed by atoms with Crippen LogP contribution >= 0.6 is 11.3 Å². The second kappa shape index (κ2) is 5.76. The van der Waals surface area contributed by atoms with E-state index < -0.39 is 5.97 Å². The van der Waals surface area contributed by atoms with Crippen LogP contribution in [-0.4, -0.2) is 28.8 Å². The van der Waals surface area contributed by atoms with Crippen molar-refractivity contribution in [2.45, 2.75) is 31.8 Å². The molecule has 1 fully saturated rings. The minimum Gasteiger partial charge on any atom is -0.476 e. The third kappa shape index (κ3) is 2.76. The molecule has 1 aliphatic rings. The van der Waals surface area contributed by atoms with Gasteiger partial charge in [0.15, 0.2) is 5.69 Å². The van der Waals surface area contributed by atoms with E-state index in [-0.39, 0.29) is 11.8 Å². The van der Waals surface area contributed by atoms with Crippen molar-refractivity contribution in [1.82, 2.24) is 4.98 Å². The fourth-order valence-electron chi connectivity index (χ4n) is 2.36. The number of carboxylic acid groups (broad SMARTS) is 1. The van der Waals surface area contributed by atoms with Crippen molar-refractivity contribution in [2.24, 2.45) is 0 Å². The molecule has 0 aromatic carbocycles. The lowest BCUT2D eigenvalue weighted by molar-refractivity contribution is 0.0687. The van der Waals surface area contributed by atoms with Crippen molar-refractivity contribution in [2.75, 3.05) is 6.61 Å². The lowest BCUT2D eigenvalue weighted by Gasteiger charge is -2.07. The van der Waals surface area contributed by atoms with Gasteiger partial charge in [0.1, 0.15) is 5.76 Å². The Morgan fingerprint density at radius 1 is 1.55 bits per heavy atom. The molecule has 1 atom stereocenters. The number of aromatic nitrogens is 1. The quantitative estimate of drug-likeness (QED) is 0.916. The van der Waals surface area contributed by atoms with Gasteiger partial charge in [0.2, 0.25) is 5.89 Å². The topological polar surface area (TPSA) is 72.6 Å². The van der Waals surface area contributed by atoms with Crippen LogP contribution in [0.25, 0.3) is 10.8 Å². The Kier molecular flexibility index (Phi) is 3.84. The number of aromatic carboxylic acids is 1. The van der Waals surface area contributed by atoms with Gasteiger partial charge in [0.05, 0.1) is 11.0 Å². The van der Waals surface area contributed by atoms with Crippen LogP contribution in [0.1, 0.15) is 35.5 Å². The summed E-state index contributed by atoms with van der Waals surface area (Å²) in [6.07, 6.45) is 3.65. The monoisotopic (exact) mass is 293 g/mol. The summed E-state index contributed by atoms with van der Waals surface area (Å²) >= 11 is 1.48. The zero-order valence-corrected chi connectivity index (χ0v) is 11.7. The number of rotatable bonds is 5. The van der Waals surface area contributed by atoms with Crippen LogP contribution in [-0.2, 0) is 11.2 Å². The molecule has 0 radical (unpaired) electrons. The Labute approximate surface area is 120 Å². The Morgan fingerprint density at radius 2 is 2.45 bits per heavy atom. The molecule has 0 aliphatic carbocycles. The van der Waals surface area contributed by atoms with Crippen molar-refractivity contribution in [3.8, 4) is 10.8 Å². The third-order valence-corrected chi connectivity index (χ3v) is 4.21. The van der Waals surface area contributed by atoms with E-state index in [4.69, 9.17) is 9.15 Å². The molecule has 2 aromatic rings. The average Bonchev–Trinajstić information content (AvgIpc) is 3.17. The highest BCUT2D eigenvalue weighted by Crippen LogP contribution is 2.28. The highest BCUT2D eigenvalue weighted by molar-refractivity contribution is 7.13. The van der Waals surface area contributed by atoms with Gasteiger partial charge in [-0.15, -0.1) is 11.3 Å². The second-order valence-electron chi connectivity index (χ2n) is 4.75. The maximum Gasteiger partial charge on any atom is 0.358 e. The summed E-state index contributed by atoms with van der Waals surface area (Å²) < 4.78 is 11.2. The van der Waals surface area contributed by atoms with Gasteiger partial charge < -0.3 is 14.3 Å². The molecule has 1 aliphatic heterocycles. The molecule has 1 N–H and O–H groups in total. The summed E-state index contributed by atoms with van der Waals surface area (Å²) in [6.45, 7) is 0.799. The normalized spacial score (nSPS) is 18.5. The van der Waals surface area contributed by atoms with Crippen LogP contribution in [0.4, 0.5) is 0 Å². The lowest BCUT2D eigenvalue weighted by Crippen LogP contribution is -2.08. The molecule has 3 heterocycles. The molecule has 0 bridgehead atoms. The van der Waals surface area contributed by atoms with Gasteiger partial charge in [-0.2, -0.15) is 0 Å². The predicted octanol–water partition coefficient (Wildman–Crippen LogP) is 3.21. The van der Waals surface area contributed by atoms with E-state index in [9.17, 15) is 9.90 Å². The van der Waals surface area contributed by atoms with E-state index in [0.717, 1.165) is 30.7 Å². The number of hydrogen-bond donors (Lipinski definition) is 1. The van der Waals surface area contributed by atoms with Crippen molar-refractivity contribution in [3.63, 3.8) is 0 Å². The zero-order valence-electron chi connectivity index (χ0n) is 10.9. The smallest absolute Gasteiger partial charge is 0.358 e. The van der Waals surface area contributed by atoms with E-state index in [1.165, 1.54) is 11.3 Å². The number of carboxylic acids is 1. The van der Waals surface area contributed by atoms with Crippen LogP contribution < -0.4 is 0 Å². The molecule has 6 heteroatoms. The first-order valence-corrected chi connectivity index (χ1v) is 7.50. The second-order valence-corrected chi connectivity index (χ2v) is 5.69. The van der Waals surface area contributed by atoms with Gasteiger partial charge in [0, 0.05) is 13.0 Å². The molecule has 3 rings (SSSR count). The molecular weight excluding hydrogens is 278 g/mol. The van der Waals surface area contributed by atoms with Gasteiger partial charge in [-0.05, 0) is 30.7 Å². The van der Waals surface area contributed by atoms with Crippen molar-refractivity contribution in [1.29, 1.82) is 0 Å². The number of oxazole rings is 1. The summed E-state index contributed by atoms with van der Waals surface area (Å²) in [6, 6.07) is 3.75. The summed E-state index contributed by atoms with van der Waals surface area (Å²) in [5.74, 6) is -0.213. The van der Waals surface area contributed by atoms with Crippen LogP contribution in [0.15, 0.2) is 21.9 Å². The Morgan fingerprint density at radius 3 is 3.10 bits per heavy atom. The summed E-state index contributed by atoms with van der Waals surface area (Å²) in [5.41, 5.74) is 0.0198. The zero-order chi connectivity index (χ0) is 13.9. The minimum atomic E-state index is -1.04. The first kappa shape index (κ1) is 13.3. The lowest BCUT2D eigenvalue weighted by atomic mass is 10.1. The van der Waals surface area contributed by atoms with Crippen LogP contribution in [0.3, 0.4) is 0 Å². The third-order valence-electron chi connectivity index (χ3n) is 3.35. The van der Waals surface area contributed by atoms with Gasteiger partial charge in [-0.3, -0.25) is 0 Å². The van der Waals surface area contributed by atoms with E-state index in [2.05, 4.69) is 4.98 Å². The number of thiophene rings is 1.